The second-order valence-corrected chi connectivity index (χ2v) is 4.88. The molecule has 0 spiro atoms. The highest BCUT2D eigenvalue weighted by molar-refractivity contribution is 5.30. The molecule has 20 heavy (non-hydrogen) atoms. The van der Waals surface area contributed by atoms with Crippen LogP contribution in [0.5, 0.6) is 5.75 Å². The molecule has 0 radical (unpaired) electrons. The van der Waals surface area contributed by atoms with E-state index in [1.54, 1.807) is 6.07 Å². The van der Waals surface area contributed by atoms with Gasteiger partial charge in [0.05, 0.1) is 5.56 Å². The van der Waals surface area contributed by atoms with Crippen molar-refractivity contribution in [1.29, 1.82) is 0 Å². The third-order valence-electron chi connectivity index (χ3n) is 3.18. The highest BCUT2D eigenvalue weighted by atomic mass is 19.4. The van der Waals surface area contributed by atoms with E-state index in [1.165, 1.54) is 6.07 Å². The zero-order chi connectivity index (χ0) is 15.2. The van der Waals surface area contributed by atoms with Gasteiger partial charge in [0.25, 0.3) is 0 Å². The smallest absolute Gasteiger partial charge is 0.416 e. The predicted octanol–water partition coefficient (Wildman–Crippen LogP) is 4.25. The summed E-state index contributed by atoms with van der Waals surface area (Å²) in [4.78, 5) is 0. The molecule has 1 unspecified atom stereocenters. The standard InChI is InChI=1S/C15H22F3NO/c1-4-13(5-2)19-10-11(3)20-14-8-6-7-12(9-14)15(16,17)18/h6-9,11,13,19H,4-5,10H2,1-3H3. The van der Waals surface area contributed by atoms with E-state index in [9.17, 15) is 13.2 Å². The number of halogens is 3. The van der Waals surface area contributed by atoms with Crippen LogP contribution in [0.2, 0.25) is 0 Å². The lowest BCUT2D eigenvalue weighted by molar-refractivity contribution is -0.137. The molecule has 0 saturated carbocycles. The van der Waals surface area contributed by atoms with E-state index in [-0.39, 0.29) is 11.9 Å². The highest BCUT2D eigenvalue weighted by Gasteiger charge is 2.30. The molecule has 1 rings (SSSR count). The van der Waals surface area contributed by atoms with Crippen molar-refractivity contribution >= 4 is 0 Å². The summed E-state index contributed by atoms with van der Waals surface area (Å²) >= 11 is 0. The van der Waals surface area contributed by atoms with E-state index in [0.717, 1.165) is 25.0 Å². The van der Waals surface area contributed by atoms with Gasteiger partial charge in [-0.15, -0.1) is 0 Å². The summed E-state index contributed by atoms with van der Waals surface area (Å²) in [6.07, 6.45) is -2.48. The minimum atomic E-state index is -4.34. The quantitative estimate of drug-likeness (QED) is 0.810. The third-order valence-corrected chi connectivity index (χ3v) is 3.18. The van der Waals surface area contributed by atoms with Crippen LogP contribution in [0.15, 0.2) is 24.3 Å². The number of alkyl halides is 3. The molecular weight excluding hydrogens is 267 g/mol. The van der Waals surface area contributed by atoms with Crippen LogP contribution < -0.4 is 10.1 Å². The summed E-state index contributed by atoms with van der Waals surface area (Å²) < 4.78 is 43.3. The van der Waals surface area contributed by atoms with Crippen molar-refractivity contribution in [1.82, 2.24) is 5.32 Å². The molecule has 0 aromatic heterocycles. The molecule has 2 nitrogen and oxygen atoms in total. The predicted molar refractivity (Wildman–Crippen MR) is 73.9 cm³/mol. The van der Waals surface area contributed by atoms with Gasteiger partial charge < -0.3 is 10.1 Å². The molecule has 1 aromatic rings. The Hall–Kier alpha value is -1.23. The summed E-state index contributed by atoms with van der Waals surface area (Å²) in [7, 11) is 0. The van der Waals surface area contributed by atoms with Crippen LogP contribution in [-0.2, 0) is 6.18 Å². The molecule has 1 N–H and O–H groups in total. The first-order valence-corrected chi connectivity index (χ1v) is 6.94. The molecule has 0 fully saturated rings. The molecule has 5 heteroatoms. The fraction of sp³-hybridized carbons (Fsp3) is 0.600. The minimum absolute atomic E-state index is 0.181. The summed E-state index contributed by atoms with van der Waals surface area (Å²) in [5.41, 5.74) is -0.685. The van der Waals surface area contributed by atoms with Gasteiger partial charge in [-0.3, -0.25) is 0 Å². The summed E-state index contributed by atoms with van der Waals surface area (Å²) in [6, 6.07) is 5.40. The number of ether oxygens (including phenoxy) is 1. The summed E-state index contributed by atoms with van der Waals surface area (Å²) in [5, 5.41) is 3.34. The normalized spacial score (nSPS) is 13.6. The zero-order valence-corrected chi connectivity index (χ0v) is 12.1. The highest BCUT2D eigenvalue weighted by Crippen LogP contribution is 2.31. The van der Waals surface area contributed by atoms with Crippen molar-refractivity contribution in [2.75, 3.05) is 6.54 Å². The minimum Gasteiger partial charge on any atom is -0.489 e. The molecule has 0 aliphatic heterocycles. The van der Waals surface area contributed by atoms with Gasteiger partial charge in [0.15, 0.2) is 0 Å². The first-order chi connectivity index (χ1) is 9.36. The Morgan fingerprint density at radius 1 is 1.20 bits per heavy atom. The molecule has 114 valence electrons. The van der Waals surface area contributed by atoms with Crippen LogP contribution in [-0.4, -0.2) is 18.7 Å². The lowest BCUT2D eigenvalue weighted by atomic mass is 10.1. The first kappa shape index (κ1) is 16.8. The first-order valence-electron chi connectivity index (χ1n) is 6.94. The molecule has 0 saturated heterocycles. The van der Waals surface area contributed by atoms with Crippen molar-refractivity contribution in [3.05, 3.63) is 29.8 Å². The van der Waals surface area contributed by atoms with Crippen LogP contribution in [0, 0.1) is 0 Å². The van der Waals surface area contributed by atoms with E-state index in [4.69, 9.17) is 4.74 Å². The van der Waals surface area contributed by atoms with Crippen molar-refractivity contribution in [2.45, 2.75) is 51.9 Å². The maximum atomic E-state index is 12.6. The van der Waals surface area contributed by atoms with Crippen molar-refractivity contribution in [3.8, 4) is 5.75 Å². The fourth-order valence-electron chi connectivity index (χ4n) is 1.93. The Balaban J connectivity index is 2.56. The zero-order valence-electron chi connectivity index (χ0n) is 12.1. The van der Waals surface area contributed by atoms with Gasteiger partial charge in [0.2, 0.25) is 0 Å². The second kappa shape index (κ2) is 7.53. The van der Waals surface area contributed by atoms with Gasteiger partial charge in [-0.05, 0) is 38.0 Å². The van der Waals surface area contributed by atoms with Gasteiger partial charge in [-0.2, -0.15) is 13.2 Å². The number of nitrogens with one attached hydrogen (secondary N) is 1. The fourth-order valence-corrected chi connectivity index (χ4v) is 1.93. The lowest BCUT2D eigenvalue weighted by Crippen LogP contribution is -2.36. The summed E-state index contributed by atoms with van der Waals surface area (Å²) in [6.45, 7) is 6.65. The molecule has 1 atom stereocenters. The summed E-state index contributed by atoms with van der Waals surface area (Å²) in [5.74, 6) is 0.249. The molecule has 0 aliphatic carbocycles. The van der Waals surface area contributed by atoms with Gasteiger partial charge >= 0.3 is 6.18 Å². The lowest BCUT2D eigenvalue weighted by Gasteiger charge is -2.20. The van der Waals surface area contributed by atoms with Crippen LogP contribution in [0.25, 0.3) is 0 Å². The number of hydrogen-bond acceptors (Lipinski definition) is 2. The average molecular weight is 289 g/mol. The van der Waals surface area contributed by atoms with Crippen LogP contribution in [0.3, 0.4) is 0 Å². The Bertz CT molecular complexity index is 402. The van der Waals surface area contributed by atoms with Crippen LogP contribution in [0.4, 0.5) is 13.2 Å². The van der Waals surface area contributed by atoms with E-state index >= 15 is 0 Å². The third kappa shape index (κ3) is 5.41. The number of benzene rings is 1. The molecule has 0 aliphatic rings. The molecular formula is C15H22F3NO. The molecule has 0 amide bonds. The molecule has 0 bridgehead atoms. The Morgan fingerprint density at radius 2 is 1.85 bits per heavy atom. The van der Waals surface area contributed by atoms with E-state index < -0.39 is 11.7 Å². The topological polar surface area (TPSA) is 21.3 Å². The van der Waals surface area contributed by atoms with E-state index in [1.807, 2.05) is 6.92 Å². The Morgan fingerprint density at radius 3 is 2.40 bits per heavy atom. The van der Waals surface area contributed by atoms with Crippen molar-refractivity contribution < 1.29 is 17.9 Å². The van der Waals surface area contributed by atoms with Crippen molar-refractivity contribution in [3.63, 3.8) is 0 Å². The molecule has 0 heterocycles. The second-order valence-electron chi connectivity index (χ2n) is 4.88. The molecule has 1 aromatic carbocycles. The largest absolute Gasteiger partial charge is 0.489 e. The monoisotopic (exact) mass is 289 g/mol. The van der Waals surface area contributed by atoms with Gasteiger partial charge in [0, 0.05) is 12.6 Å². The number of rotatable bonds is 7. The Labute approximate surface area is 118 Å². The van der Waals surface area contributed by atoms with Crippen LogP contribution >= 0.6 is 0 Å². The van der Waals surface area contributed by atoms with Crippen LogP contribution in [0.1, 0.15) is 39.2 Å². The number of hydrogen-bond donors (Lipinski definition) is 1. The average Bonchev–Trinajstić information content (AvgIpc) is 2.39. The van der Waals surface area contributed by atoms with E-state index in [0.29, 0.717) is 12.6 Å². The maximum absolute atomic E-state index is 12.6. The maximum Gasteiger partial charge on any atom is 0.416 e. The Kier molecular flexibility index (Phi) is 6.33. The van der Waals surface area contributed by atoms with Gasteiger partial charge in [0.1, 0.15) is 11.9 Å². The van der Waals surface area contributed by atoms with Crippen molar-refractivity contribution in [2.24, 2.45) is 0 Å². The van der Waals surface area contributed by atoms with Gasteiger partial charge in [-0.1, -0.05) is 19.9 Å². The van der Waals surface area contributed by atoms with E-state index in [2.05, 4.69) is 19.2 Å². The SMILES string of the molecule is CCC(CC)NCC(C)Oc1cccc(C(F)(F)F)c1. The van der Waals surface area contributed by atoms with Gasteiger partial charge in [-0.25, -0.2) is 0 Å².